The Morgan fingerprint density at radius 2 is 0.542 bits per heavy atom. The molecule has 0 aromatic heterocycles. The van der Waals surface area contributed by atoms with Crippen LogP contribution in [0.5, 0.6) is 0 Å². The standard InChI is InChI=1S/C27H16.C27H18.8C2H6.2Y/c1-2-18-10-9-17-25-26(18)21-13-5-8-16-24(21)27(25)22-14-6-3-11-19(22)20-12-4-7-15-23(20)27;1-2-20-12-11-19-25-26(20)23-17-9-10-18-24(23)27(25,21-13-5-3-6-14-21)22-15-7-4-8-16-22;8*1-2;;/h1-9,11-17H;1-11,13-19H;8*1-2H3;;/q2*-2;;;;;;;;;;. The second-order valence-electron chi connectivity index (χ2n) is 14.1. The molecule has 0 atom stereocenters. The first-order chi connectivity index (χ1) is 34.7. The average molecular weight is 1100 g/mol. The number of rotatable bonds is 4. The molecule has 0 bridgehead atoms. The van der Waals surface area contributed by atoms with E-state index < -0.39 is 0 Å². The molecule has 2 radical (unpaired) electrons. The van der Waals surface area contributed by atoms with E-state index in [2.05, 4.69) is 182 Å². The van der Waals surface area contributed by atoms with Crippen molar-refractivity contribution in [3.8, 4) is 33.4 Å². The van der Waals surface area contributed by atoms with Gasteiger partial charge in [0, 0.05) is 65.4 Å². The summed E-state index contributed by atoms with van der Waals surface area (Å²) in [4.78, 5) is 0. The molecule has 0 aliphatic heterocycles. The zero-order valence-electron chi connectivity index (χ0n) is 46.8. The molecular weight excluding hydrogens is 1020 g/mol. The van der Waals surface area contributed by atoms with Crippen molar-refractivity contribution in [2.24, 2.45) is 0 Å². The third-order valence-electron chi connectivity index (χ3n) is 11.8. The van der Waals surface area contributed by atoms with Crippen LogP contribution in [0.2, 0.25) is 0 Å². The van der Waals surface area contributed by atoms with E-state index in [4.69, 9.17) is 13.2 Å². The zero-order valence-corrected chi connectivity index (χ0v) is 52.5. The summed E-state index contributed by atoms with van der Waals surface area (Å²) in [7, 11) is 0. The van der Waals surface area contributed by atoms with Crippen molar-refractivity contribution in [2.45, 2.75) is 122 Å². The minimum atomic E-state index is -0.360. The van der Waals surface area contributed by atoms with Crippen LogP contribution in [0.15, 0.2) is 182 Å². The van der Waals surface area contributed by atoms with Crippen LogP contribution in [0, 0.1) is 25.3 Å². The molecular formula is C70H82Y2-4. The van der Waals surface area contributed by atoms with E-state index in [0.29, 0.717) is 0 Å². The number of fused-ring (bicyclic) bond motifs is 13. The van der Waals surface area contributed by atoms with Crippen LogP contribution in [-0.4, -0.2) is 0 Å². The van der Waals surface area contributed by atoms with Gasteiger partial charge in [-0.25, -0.2) is 12.1 Å². The van der Waals surface area contributed by atoms with E-state index in [1.165, 1.54) is 77.9 Å². The zero-order chi connectivity index (χ0) is 52.3. The number of benzene rings is 8. The SMILES string of the molecule is CC.CC.CC.CC.CC.CC.CC.CC.[CH-]=Cc1[c-]ccc2c1-c1ccccc1C2(c1ccccc1)c1ccccc1.[CH-]=Cc1[c-]ccc2c1-c1ccccc1C21c2ccccc2-c2ccccc21.[Y].[Y]. The molecule has 372 valence electrons. The van der Waals surface area contributed by atoms with Crippen molar-refractivity contribution in [3.63, 3.8) is 0 Å². The maximum Gasteiger partial charge on any atom is 0.0535 e. The fourth-order valence-electron chi connectivity index (χ4n) is 9.83. The van der Waals surface area contributed by atoms with Crippen LogP contribution >= 0.6 is 0 Å². The van der Waals surface area contributed by atoms with E-state index in [9.17, 15) is 0 Å². The maximum absolute atomic E-state index is 6.00. The second-order valence-corrected chi connectivity index (χ2v) is 14.1. The van der Waals surface area contributed by atoms with E-state index in [0.717, 1.165) is 11.1 Å². The molecule has 1 spiro atoms. The predicted octanol–water partition coefficient (Wildman–Crippen LogP) is 20.8. The van der Waals surface area contributed by atoms with E-state index in [1.54, 1.807) is 12.2 Å². The molecule has 3 aliphatic carbocycles. The van der Waals surface area contributed by atoms with Crippen molar-refractivity contribution in [2.75, 3.05) is 0 Å². The third kappa shape index (κ3) is 12.5. The molecule has 0 unspecified atom stereocenters. The Balaban J connectivity index is 0.00000108. The number of hydrogen-bond acceptors (Lipinski definition) is 0. The van der Waals surface area contributed by atoms with Gasteiger partial charge in [-0.3, -0.25) is 11.1 Å². The molecule has 0 fully saturated rings. The van der Waals surface area contributed by atoms with Crippen molar-refractivity contribution >= 4 is 12.2 Å². The molecule has 11 rings (SSSR count). The fourth-order valence-corrected chi connectivity index (χ4v) is 9.83. The molecule has 8 aromatic rings. The molecule has 0 saturated heterocycles. The Bertz CT molecular complexity index is 2570. The number of hydrogen-bond donors (Lipinski definition) is 0. The summed E-state index contributed by atoms with van der Waals surface area (Å²) in [5, 5.41) is 0. The van der Waals surface area contributed by atoms with Crippen molar-refractivity contribution in [1.82, 2.24) is 0 Å². The molecule has 0 nitrogen and oxygen atoms in total. The smallest absolute Gasteiger partial charge is 0.0535 e. The van der Waals surface area contributed by atoms with Gasteiger partial charge in [0.15, 0.2) is 0 Å². The van der Waals surface area contributed by atoms with Gasteiger partial charge in [-0.05, 0) is 44.5 Å². The van der Waals surface area contributed by atoms with Gasteiger partial charge in [-0.1, -0.05) is 280 Å². The molecule has 8 aromatic carbocycles. The van der Waals surface area contributed by atoms with Crippen molar-refractivity contribution < 1.29 is 65.4 Å². The van der Waals surface area contributed by atoms with Crippen molar-refractivity contribution in [3.05, 3.63) is 263 Å². The average Bonchev–Trinajstić information content (AvgIpc) is 4.08. The molecule has 2 heteroatoms. The van der Waals surface area contributed by atoms with Gasteiger partial charge >= 0.3 is 0 Å². The quantitative estimate of drug-likeness (QED) is 0.154. The van der Waals surface area contributed by atoms with Crippen LogP contribution in [0.3, 0.4) is 0 Å². The van der Waals surface area contributed by atoms with Crippen LogP contribution in [0.1, 0.15) is 166 Å². The first-order valence-electron chi connectivity index (χ1n) is 26.4. The Labute approximate surface area is 490 Å². The van der Waals surface area contributed by atoms with E-state index >= 15 is 0 Å². The minimum absolute atomic E-state index is 0. The molecule has 0 saturated carbocycles. The molecule has 0 N–H and O–H groups in total. The first-order valence-corrected chi connectivity index (χ1v) is 26.4. The normalized spacial score (nSPS) is 11.2. The summed E-state index contributed by atoms with van der Waals surface area (Å²) >= 11 is 0. The largest absolute Gasteiger partial charge is 0.344 e. The summed E-state index contributed by atoms with van der Waals surface area (Å²) in [5.74, 6) is 0. The van der Waals surface area contributed by atoms with Crippen LogP contribution < -0.4 is 0 Å². The molecule has 0 amide bonds. The van der Waals surface area contributed by atoms with E-state index in [-0.39, 0.29) is 76.2 Å². The molecule has 0 heterocycles. The van der Waals surface area contributed by atoms with Gasteiger partial charge in [0.2, 0.25) is 0 Å². The van der Waals surface area contributed by atoms with Crippen molar-refractivity contribution in [1.29, 1.82) is 0 Å². The summed E-state index contributed by atoms with van der Waals surface area (Å²) in [6.07, 6.45) is 3.35. The third-order valence-corrected chi connectivity index (χ3v) is 11.8. The van der Waals surface area contributed by atoms with Crippen LogP contribution in [-0.2, 0) is 76.2 Å². The Morgan fingerprint density at radius 3 is 0.861 bits per heavy atom. The van der Waals surface area contributed by atoms with Gasteiger partial charge in [-0.15, -0.1) is 23.3 Å². The molecule has 3 aliphatic rings. The Morgan fingerprint density at radius 1 is 0.292 bits per heavy atom. The van der Waals surface area contributed by atoms with Gasteiger partial charge in [0.1, 0.15) is 0 Å². The fraction of sp³-hybridized carbons (Fsp3) is 0.257. The van der Waals surface area contributed by atoms with Crippen LogP contribution in [0.4, 0.5) is 0 Å². The minimum Gasteiger partial charge on any atom is -0.344 e. The summed E-state index contributed by atoms with van der Waals surface area (Å²) < 4.78 is 0. The monoisotopic (exact) mass is 1100 g/mol. The maximum atomic E-state index is 6.00. The van der Waals surface area contributed by atoms with Crippen LogP contribution in [0.25, 0.3) is 45.5 Å². The van der Waals surface area contributed by atoms with E-state index in [1.807, 2.05) is 123 Å². The molecule has 72 heavy (non-hydrogen) atoms. The topological polar surface area (TPSA) is 0 Å². The van der Waals surface area contributed by atoms with Gasteiger partial charge in [0.05, 0.1) is 10.8 Å². The Kier molecular flexibility index (Phi) is 33.3. The Hall–Kier alpha value is -4.55. The van der Waals surface area contributed by atoms with Gasteiger partial charge < -0.3 is 25.3 Å². The van der Waals surface area contributed by atoms with Gasteiger partial charge in [-0.2, -0.15) is 23.3 Å². The second kappa shape index (κ2) is 35.6. The summed E-state index contributed by atoms with van der Waals surface area (Å²) in [6, 6.07) is 71.6. The first kappa shape index (κ1) is 67.4. The summed E-state index contributed by atoms with van der Waals surface area (Å²) in [6.45, 7) is 44.0. The van der Waals surface area contributed by atoms with Gasteiger partial charge in [0.25, 0.3) is 0 Å². The predicted molar refractivity (Wildman–Crippen MR) is 312 cm³/mol. The summed E-state index contributed by atoms with van der Waals surface area (Å²) in [5.41, 5.74) is 19.2.